The molecule has 0 bridgehead atoms. The minimum atomic E-state index is 0.126. The van der Waals surface area contributed by atoms with E-state index in [9.17, 15) is 4.79 Å². The minimum Gasteiger partial charge on any atom is -0.487 e. The average Bonchev–Trinajstić information content (AvgIpc) is 3.32. The molecule has 1 aromatic carbocycles. The van der Waals surface area contributed by atoms with Crippen LogP contribution >= 0.6 is 11.3 Å². The Balaban J connectivity index is 1.26. The SMILES string of the molecule is O=C(c1cccs1)N1CCC(N2CC(Oc3ccccc3)C2c2ccncc2)CC1. The lowest BCUT2D eigenvalue weighted by molar-refractivity contribution is -0.0842. The van der Waals surface area contributed by atoms with E-state index in [1.54, 1.807) is 0 Å². The highest BCUT2D eigenvalue weighted by Crippen LogP contribution is 2.40. The maximum absolute atomic E-state index is 12.7. The second kappa shape index (κ2) is 8.58. The third kappa shape index (κ3) is 3.85. The first-order chi connectivity index (χ1) is 14.8. The van der Waals surface area contributed by atoms with Crippen molar-refractivity contribution in [1.29, 1.82) is 0 Å². The fraction of sp³-hybridized carbons (Fsp3) is 0.333. The van der Waals surface area contributed by atoms with Crippen molar-refractivity contribution in [2.45, 2.75) is 31.0 Å². The quantitative estimate of drug-likeness (QED) is 0.620. The van der Waals surface area contributed by atoms with Gasteiger partial charge in [0, 0.05) is 38.1 Å². The van der Waals surface area contributed by atoms with Crippen molar-refractivity contribution in [2.24, 2.45) is 0 Å². The van der Waals surface area contributed by atoms with E-state index in [0.717, 1.165) is 43.1 Å². The van der Waals surface area contributed by atoms with Crippen LogP contribution in [0.25, 0.3) is 0 Å². The lowest BCUT2D eigenvalue weighted by atomic mass is 9.87. The van der Waals surface area contributed by atoms with E-state index >= 15 is 0 Å². The summed E-state index contributed by atoms with van der Waals surface area (Å²) in [5.74, 6) is 1.08. The number of benzene rings is 1. The summed E-state index contributed by atoms with van der Waals surface area (Å²) in [4.78, 5) is 22.2. The summed E-state index contributed by atoms with van der Waals surface area (Å²) in [6.45, 7) is 2.53. The van der Waals surface area contributed by atoms with Crippen LogP contribution in [0.1, 0.15) is 34.1 Å². The Morgan fingerprint density at radius 2 is 1.77 bits per heavy atom. The largest absolute Gasteiger partial charge is 0.487 e. The average molecular weight is 420 g/mol. The maximum Gasteiger partial charge on any atom is 0.263 e. The van der Waals surface area contributed by atoms with Gasteiger partial charge in [-0.2, -0.15) is 0 Å². The first kappa shape index (κ1) is 19.3. The summed E-state index contributed by atoms with van der Waals surface area (Å²) in [6.07, 6.45) is 5.83. The zero-order chi connectivity index (χ0) is 20.3. The molecule has 2 aromatic heterocycles. The summed E-state index contributed by atoms with van der Waals surface area (Å²) >= 11 is 1.52. The third-order valence-corrected chi connectivity index (χ3v) is 6.99. The maximum atomic E-state index is 12.7. The number of hydrogen-bond donors (Lipinski definition) is 0. The molecule has 4 heterocycles. The highest BCUT2D eigenvalue weighted by atomic mass is 32.1. The molecular formula is C24H25N3O2S. The Labute approximate surface area is 180 Å². The van der Waals surface area contributed by atoms with Crippen LogP contribution in [0.4, 0.5) is 0 Å². The van der Waals surface area contributed by atoms with Crippen molar-refractivity contribution in [3.8, 4) is 5.75 Å². The van der Waals surface area contributed by atoms with Crippen LogP contribution in [0.2, 0.25) is 0 Å². The van der Waals surface area contributed by atoms with E-state index in [1.807, 2.05) is 65.1 Å². The zero-order valence-electron chi connectivity index (χ0n) is 16.8. The number of amides is 1. The smallest absolute Gasteiger partial charge is 0.263 e. The van der Waals surface area contributed by atoms with Crippen molar-refractivity contribution >= 4 is 17.2 Å². The number of rotatable bonds is 5. The fourth-order valence-electron chi connectivity index (χ4n) is 4.57. The highest BCUT2D eigenvalue weighted by Gasteiger charge is 2.46. The van der Waals surface area contributed by atoms with Crippen LogP contribution < -0.4 is 4.74 Å². The molecule has 0 radical (unpaired) electrons. The number of pyridine rings is 1. The monoisotopic (exact) mass is 419 g/mol. The first-order valence-electron chi connectivity index (χ1n) is 10.5. The Bertz CT molecular complexity index is 957. The number of nitrogens with zero attached hydrogens (tertiary/aromatic N) is 3. The van der Waals surface area contributed by atoms with Gasteiger partial charge in [0.1, 0.15) is 11.9 Å². The standard InChI is InChI=1S/C24H25N3O2S/c28-24(22-7-4-16-30-22)26-14-10-19(11-15-26)27-17-21(29-20-5-2-1-3-6-20)23(27)18-8-12-25-13-9-18/h1-9,12-13,16,19,21,23H,10-11,14-15,17H2. The fourth-order valence-corrected chi connectivity index (χ4v) is 5.26. The molecule has 6 heteroatoms. The van der Waals surface area contributed by atoms with Gasteiger partial charge >= 0.3 is 0 Å². The van der Waals surface area contributed by atoms with Crippen molar-refractivity contribution in [1.82, 2.24) is 14.8 Å². The van der Waals surface area contributed by atoms with Crippen molar-refractivity contribution in [3.05, 3.63) is 82.8 Å². The molecule has 2 atom stereocenters. The Hall–Kier alpha value is -2.70. The number of aromatic nitrogens is 1. The van der Waals surface area contributed by atoms with Crippen LogP contribution in [0.15, 0.2) is 72.4 Å². The van der Waals surface area contributed by atoms with E-state index in [4.69, 9.17) is 4.74 Å². The summed E-state index contributed by atoms with van der Waals surface area (Å²) in [5, 5.41) is 1.96. The molecule has 3 aromatic rings. The van der Waals surface area contributed by atoms with Gasteiger partial charge in [-0.05, 0) is 54.1 Å². The van der Waals surface area contributed by atoms with Gasteiger partial charge in [0.15, 0.2) is 0 Å². The van der Waals surface area contributed by atoms with Gasteiger partial charge in [0.05, 0.1) is 10.9 Å². The lowest BCUT2D eigenvalue weighted by Crippen LogP contribution is -2.61. The van der Waals surface area contributed by atoms with Gasteiger partial charge in [-0.25, -0.2) is 0 Å². The number of hydrogen-bond acceptors (Lipinski definition) is 5. The van der Waals surface area contributed by atoms with E-state index < -0.39 is 0 Å². The molecule has 0 saturated carbocycles. The van der Waals surface area contributed by atoms with Gasteiger partial charge in [0.2, 0.25) is 0 Å². The number of ether oxygens (including phenoxy) is 1. The molecule has 30 heavy (non-hydrogen) atoms. The normalized spacial score (nSPS) is 22.5. The molecule has 2 saturated heterocycles. The van der Waals surface area contributed by atoms with Crippen LogP contribution in [0.5, 0.6) is 5.75 Å². The van der Waals surface area contributed by atoms with E-state index in [2.05, 4.69) is 22.0 Å². The molecule has 154 valence electrons. The number of likely N-dealkylation sites (tertiary alicyclic amines) is 2. The Morgan fingerprint density at radius 3 is 2.47 bits per heavy atom. The molecule has 2 fully saturated rings. The molecule has 0 N–H and O–H groups in total. The number of para-hydroxylation sites is 1. The van der Waals surface area contributed by atoms with Crippen LogP contribution in [0, 0.1) is 0 Å². The lowest BCUT2D eigenvalue weighted by Gasteiger charge is -2.53. The molecule has 0 aliphatic carbocycles. The highest BCUT2D eigenvalue weighted by molar-refractivity contribution is 7.12. The predicted molar refractivity (Wildman–Crippen MR) is 118 cm³/mol. The number of piperidine rings is 1. The van der Waals surface area contributed by atoms with Crippen LogP contribution in [0.3, 0.4) is 0 Å². The van der Waals surface area contributed by atoms with E-state index in [-0.39, 0.29) is 18.1 Å². The van der Waals surface area contributed by atoms with Crippen LogP contribution in [-0.2, 0) is 0 Å². The van der Waals surface area contributed by atoms with Gasteiger partial charge < -0.3 is 9.64 Å². The van der Waals surface area contributed by atoms with E-state index in [1.165, 1.54) is 16.9 Å². The number of thiophene rings is 1. The minimum absolute atomic E-state index is 0.126. The van der Waals surface area contributed by atoms with Gasteiger partial charge in [-0.3, -0.25) is 14.7 Å². The molecular weight excluding hydrogens is 394 g/mol. The number of carbonyl (C=O) groups excluding carboxylic acids is 1. The van der Waals surface area contributed by atoms with Crippen molar-refractivity contribution in [3.63, 3.8) is 0 Å². The van der Waals surface area contributed by atoms with Crippen LogP contribution in [-0.4, -0.2) is 52.5 Å². The first-order valence-corrected chi connectivity index (χ1v) is 11.4. The van der Waals surface area contributed by atoms with Gasteiger partial charge in [-0.1, -0.05) is 24.3 Å². The third-order valence-electron chi connectivity index (χ3n) is 6.13. The van der Waals surface area contributed by atoms with Gasteiger partial charge in [0.25, 0.3) is 5.91 Å². The summed E-state index contributed by atoms with van der Waals surface area (Å²) < 4.78 is 6.32. The molecule has 0 spiro atoms. The molecule has 2 aliphatic rings. The Kier molecular flexibility index (Phi) is 5.51. The molecule has 1 amide bonds. The molecule has 5 rings (SSSR count). The number of carbonyl (C=O) groups is 1. The van der Waals surface area contributed by atoms with Crippen molar-refractivity contribution < 1.29 is 9.53 Å². The van der Waals surface area contributed by atoms with E-state index in [0.29, 0.717) is 6.04 Å². The second-order valence-electron chi connectivity index (χ2n) is 7.89. The Morgan fingerprint density at radius 1 is 1.00 bits per heavy atom. The topological polar surface area (TPSA) is 45.7 Å². The zero-order valence-corrected chi connectivity index (χ0v) is 17.6. The molecule has 5 nitrogen and oxygen atoms in total. The summed E-state index contributed by atoms with van der Waals surface area (Å²) in [5.41, 5.74) is 1.24. The predicted octanol–water partition coefficient (Wildman–Crippen LogP) is 4.25. The van der Waals surface area contributed by atoms with Crippen molar-refractivity contribution in [2.75, 3.05) is 19.6 Å². The van der Waals surface area contributed by atoms with Gasteiger partial charge in [-0.15, -0.1) is 11.3 Å². The summed E-state index contributed by atoms with van der Waals surface area (Å²) in [6, 6.07) is 18.8. The molecule has 2 unspecified atom stereocenters. The second-order valence-corrected chi connectivity index (χ2v) is 8.84. The summed E-state index contributed by atoms with van der Waals surface area (Å²) in [7, 11) is 0. The molecule has 2 aliphatic heterocycles.